The molecule has 122 valence electrons. The molecule has 0 unspecified atom stereocenters. The first kappa shape index (κ1) is 18.3. The minimum atomic E-state index is -2.13. The number of nitrogens with zero attached hydrogens (tertiary/aromatic N) is 2. The van der Waals surface area contributed by atoms with Gasteiger partial charge in [0.2, 0.25) is 0 Å². The van der Waals surface area contributed by atoms with Crippen LogP contribution in [0.2, 0.25) is 14.8 Å². The number of hydrogen-bond donors (Lipinski definition) is 0. The number of hydrogen-bond acceptors (Lipinski definition) is 4. The zero-order valence-electron chi connectivity index (χ0n) is 14.7. The molecule has 0 atom stereocenters. The van der Waals surface area contributed by atoms with Gasteiger partial charge in [0.05, 0.1) is 0 Å². The van der Waals surface area contributed by atoms with E-state index in [4.69, 9.17) is 9.72 Å². The maximum atomic E-state index is 9.41. The molecule has 0 aliphatic rings. The van der Waals surface area contributed by atoms with Gasteiger partial charge in [0.25, 0.3) is 0 Å². The average Bonchev–Trinajstić information content (AvgIpc) is 2.87. The van der Waals surface area contributed by atoms with Crippen molar-refractivity contribution in [1.82, 2.24) is 4.98 Å². The van der Waals surface area contributed by atoms with Crippen LogP contribution in [0.15, 0.2) is 18.2 Å². The van der Waals surface area contributed by atoms with Crippen LogP contribution in [-0.2, 0) is 0 Å². The summed E-state index contributed by atoms with van der Waals surface area (Å²) in [6.45, 7) is 6.91. The third kappa shape index (κ3) is 4.48. The molecule has 3 nitrogen and oxygen atoms in total. The summed E-state index contributed by atoms with van der Waals surface area (Å²) < 4.78 is 7.23. The summed E-state index contributed by atoms with van der Waals surface area (Å²) in [5.74, 6) is 1.10. The van der Waals surface area contributed by atoms with Crippen LogP contribution in [0.3, 0.4) is 0 Å². The van der Waals surface area contributed by atoms with E-state index in [9.17, 15) is 5.26 Å². The second-order valence-corrected chi connectivity index (χ2v) is 23.5. The number of nitriles is 1. The third-order valence-electron chi connectivity index (χ3n) is 3.40. The van der Waals surface area contributed by atoms with Crippen molar-refractivity contribution in [3.63, 3.8) is 0 Å². The molecule has 0 aliphatic carbocycles. The average molecular weight is 435 g/mol. The summed E-state index contributed by atoms with van der Waals surface area (Å²) in [5, 5.41) is 10.4. The first-order valence-electron chi connectivity index (χ1n) is 7.87. The van der Waals surface area contributed by atoms with Crippen LogP contribution in [0.4, 0.5) is 0 Å². The van der Waals surface area contributed by atoms with Crippen molar-refractivity contribution in [2.75, 3.05) is 6.61 Å². The number of ether oxygens (including phenoxy) is 1. The molecule has 0 bridgehead atoms. The number of rotatable bonds is 5. The molecule has 0 saturated heterocycles. The molecule has 0 spiro atoms. The van der Waals surface area contributed by atoms with E-state index < -0.39 is 18.4 Å². The van der Waals surface area contributed by atoms with E-state index in [1.54, 1.807) is 11.3 Å². The fourth-order valence-electron chi connectivity index (χ4n) is 2.35. The molecule has 2 rings (SSSR count). The van der Waals surface area contributed by atoms with Gasteiger partial charge in [0.15, 0.2) is 0 Å². The molecule has 0 amide bonds. The Bertz CT molecular complexity index is 738. The van der Waals surface area contributed by atoms with E-state index in [1.165, 1.54) is 2.89 Å². The van der Waals surface area contributed by atoms with Crippen molar-refractivity contribution in [2.45, 2.75) is 35.6 Å². The fourth-order valence-corrected chi connectivity index (χ4v) is 10.2. The van der Waals surface area contributed by atoms with Crippen LogP contribution in [0.5, 0.6) is 5.75 Å². The van der Waals surface area contributed by atoms with Crippen molar-refractivity contribution in [2.24, 2.45) is 5.92 Å². The van der Waals surface area contributed by atoms with E-state index in [0.29, 0.717) is 23.8 Å². The summed E-state index contributed by atoms with van der Waals surface area (Å²) in [6, 6.07) is 8.05. The van der Waals surface area contributed by atoms with Crippen LogP contribution >= 0.6 is 11.3 Å². The molecule has 0 saturated carbocycles. The zero-order valence-corrected chi connectivity index (χ0v) is 18.4. The molecule has 0 N–H and O–H groups in total. The van der Waals surface area contributed by atoms with Gasteiger partial charge in [-0.05, 0) is 0 Å². The Hall–Kier alpha value is -1.06. The van der Waals surface area contributed by atoms with Crippen molar-refractivity contribution in [3.8, 4) is 22.4 Å². The van der Waals surface area contributed by atoms with Gasteiger partial charge in [-0.2, -0.15) is 0 Å². The van der Waals surface area contributed by atoms with Crippen LogP contribution in [0.1, 0.15) is 25.1 Å². The second kappa shape index (κ2) is 7.23. The van der Waals surface area contributed by atoms with Crippen LogP contribution in [-0.4, -0.2) is 30.0 Å². The Balaban J connectivity index is 2.37. The Morgan fingerprint density at radius 3 is 2.52 bits per heavy atom. The van der Waals surface area contributed by atoms with Crippen LogP contribution in [0.25, 0.3) is 10.6 Å². The van der Waals surface area contributed by atoms with Gasteiger partial charge in [-0.25, -0.2) is 0 Å². The first-order valence-corrected chi connectivity index (χ1v) is 18.7. The van der Waals surface area contributed by atoms with E-state index in [-0.39, 0.29) is 0 Å². The van der Waals surface area contributed by atoms with Gasteiger partial charge < -0.3 is 0 Å². The summed E-state index contributed by atoms with van der Waals surface area (Å²) in [7, 11) is 0. The SMILES string of the molecule is Cc1nc(-c2ccc(OCC(C)C)c(C#N)c2)s[c]1[Sn]([CH3])([CH3])[CH3]. The molecule has 1 aromatic carbocycles. The van der Waals surface area contributed by atoms with E-state index >= 15 is 0 Å². The molecule has 23 heavy (non-hydrogen) atoms. The summed E-state index contributed by atoms with van der Waals surface area (Å²) in [4.78, 5) is 12.0. The molecule has 0 fully saturated rings. The predicted octanol–water partition coefficient (Wildman–Crippen LogP) is 4.57. The number of benzene rings is 1. The monoisotopic (exact) mass is 436 g/mol. The van der Waals surface area contributed by atoms with Gasteiger partial charge in [-0.15, -0.1) is 0 Å². The van der Waals surface area contributed by atoms with Crippen LogP contribution in [0, 0.1) is 24.2 Å². The predicted molar refractivity (Wildman–Crippen MR) is 100 cm³/mol. The Kier molecular flexibility index (Phi) is 5.74. The van der Waals surface area contributed by atoms with Gasteiger partial charge in [0, 0.05) is 0 Å². The normalized spacial score (nSPS) is 11.6. The number of aryl methyl sites for hydroxylation is 1. The molecule has 0 aliphatic heterocycles. The quantitative estimate of drug-likeness (QED) is 0.647. The zero-order chi connectivity index (χ0) is 17.2. The fraction of sp³-hybridized carbons (Fsp3) is 0.444. The van der Waals surface area contributed by atoms with E-state index in [1.807, 2.05) is 18.2 Å². The molecule has 2 aromatic rings. The van der Waals surface area contributed by atoms with Crippen LogP contribution < -0.4 is 7.63 Å². The molecule has 1 aromatic heterocycles. The standard InChI is InChI=1S/C15H15N2OS.3CH3.Sn/c1-10(2)8-18-14-5-4-12(6-13(14)7-16)15-17-11(3)9-19-15;;;;/h4-6,10H,8H2,1-3H3;3*1H3;. The summed E-state index contributed by atoms with van der Waals surface area (Å²) in [5.41, 5.74) is 2.75. The molecule has 1 heterocycles. The van der Waals surface area contributed by atoms with E-state index in [0.717, 1.165) is 16.3 Å². The van der Waals surface area contributed by atoms with Gasteiger partial charge in [-0.1, -0.05) is 0 Å². The van der Waals surface area contributed by atoms with Crippen molar-refractivity contribution in [3.05, 3.63) is 29.5 Å². The Morgan fingerprint density at radius 1 is 1.30 bits per heavy atom. The number of aromatic nitrogens is 1. The van der Waals surface area contributed by atoms with E-state index in [2.05, 4.69) is 41.7 Å². The topological polar surface area (TPSA) is 45.9 Å². The first-order chi connectivity index (χ1) is 10.7. The summed E-state index contributed by atoms with van der Waals surface area (Å²) >= 11 is -0.336. The molecule has 5 heteroatoms. The van der Waals surface area contributed by atoms with Crippen molar-refractivity contribution >= 4 is 32.6 Å². The van der Waals surface area contributed by atoms with Gasteiger partial charge >= 0.3 is 148 Å². The molecular weight excluding hydrogens is 411 g/mol. The van der Waals surface area contributed by atoms with Crippen molar-refractivity contribution < 1.29 is 4.74 Å². The maximum absolute atomic E-state index is 9.41. The molecule has 0 radical (unpaired) electrons. The third-order valence-corrected chi connectivity index (χ3v) is 14.3. The Labute approximate surface area is 147 Å². The Morgan fingerprint density at radius 2 is 2.00 bits per heavy atom. The molecular formula is C18H24N2OSSn. The second-order valence-electron chi connectivity index (χ2n) is 7.21. The van der Waals surface area contributed by atoms with Crippen molar-refractivity contribution in [1.29, 1.82) is 5.26 Å². The minimum absolute atomic E-state index is 0.435. The summed E-state index contributed by atoms with van der Waals surface area (Å²) in [6.07, 6.45) is 0. The number of thiazole rings is 1. The van der Waals surface area contributed by atoms with Gasteiger partial charge in [-0.3, -0.25) is 0 Å². The van der Waals surface area contributed by atoms with Gasteiger partial charge in [0.1, 0.15) is 0 Å².